The van der Waals surface area contributed by atoms with Crippen molar-refractivity contribution in [3.05, 3.63) is 57.1 Å². The lowest BCUT2D eigenvalue weighted by molar-refractivity contribution is -0.115. The maximum absolute atomic E-state index is 12.5. The van der Waals surface area contributed by atoms with E-state index in [1.165, 1.54) is 0 Å². The molecule has 2 aromatic carbocycles. The Morgan fingerprint density at radius 3 is 2.71 bits per heavy atom. The molecule has 1 amide bonds. The van der Waals surface area contributed by atoms with E-state index in [0.29, 0.717) is 27.9 Å². The zero-order valence-corrected chi connectivity index (χ0v) is 17.4. The second-order valence-electron chi connectivity index (χ2n) is 7.23. The van der Waals surface area contributed by atoms with Crippen LogP contribution in [-0.4, -0.2) is 16.7 Å². The van der Waals surface area contributed by atoms with Crippen molar-refractivity contribution in [1.82, 2.24) is 0 Å². The van der Waals surface area contributed by atoms with Gasteiger partial charge in [0.05, 0.1) is 22.2 Å². The van der Waals surface area contributed by atoms with Gasteiger partial charge in [-0.2, -0.15) is 0 Å². The van der Waals surface area contributed by atoms with Crippen LogP contribution < -0.4 is 5.32 Å². The number of phenolic OH excluding ortho intramolecular Hbond substituents is 1. The van der Waals surface area contributed by atoms with E-state index in [0.717, 1.165) is 16.7 Å². The molecule has 1 heterocycles. The Balaban J connectivity index is 1.63. The highest BCUT2D eigenvalue weighted by Gasteiger charge is 2.25. The number of hydrogen-bond donors (Lipinski definition) is 2. The number of amides is 1. The van der Waals surface area contributed by atoms with Gasteiger partial charge in [-0.1, -0.05) is 48.3 Å². The standard InChI is InChI=1S/C21H22Cl2N2O3/c1-11(2)15-10-18(12(3)6-19(15)26)24-21(27)9-14-8-20(28-25-14)13-4-5-16(22)17(23)7-13/h4-7,10-11,20,26H,8-9H2,1-3H3,(H,24,27). The monoisotopic (exact) mass is 420 g/mol. The SMILES string of the molecule is Cc1cc(O)c(C(C)C)cc1NC(=O)CC1=NOC(c2ccc(Cl)c(Cl)c2)C1. The van der Waals surface area contributed by atoms with Crippen molar-refractivity contribution in [2.24, 2.45) is 5.16 Å². The molecule has 0 aliphatic carbocycles. The largest absolute Gasteiger partial charge is 0.508 e. The van der Waals surface area contributed by atoms with Gasteiger partial charge in [-0.3, -0.25) is 4.79 Å². The van der Waals surface area contributed by atoms with Crippen LogP contribution in [0.25, 0.3) is 0 Å². The lowest BCUT2D eigenvalue weighted by atomic mass is 9.99. The van der Waals surface area contributed by atoms with E-state index in [-0.39, 0.29) is 30.1 Å². The maximum Gasteiger partial charge on any atom is 0.230 e. The Kier molecular flexibility index (Phi) is 6.16. The molecular formula is C21H22Cl2N2O3. The Morgan fingerprint density at radius 2 is 2.04 bits per heavy atom. The van der Waals surface area contributed by atoms with Crippen molar-refractivity contribution in [2.45, 2.75) is 45.6 Å². The van der Waals surface area contributed by atoms with Crippen molar-refractivity contribution in [2.75, 3.05) is 5.32 Å². The van der Waals surface area contributed by atoms with E-state index < -0.39 is 0 Å². The third-order valence-corrected chi connectivity index (χ3v) is 5.42. The van der Waals surface area contributed by atoms with E-state index in [4.69, 9.17) is 28.0 Å². The van der Waals surface area contributed by atoms with Crippen molar-refractivity contribution in [3.8, 4) is 5.75 Å². The molecule has 2 N–H and O–H groups in total. The van der Waals surface area contributed by atoms with E-state index >= 15 is 0 Å². The quantitative estimate of drug-likeness (QED) is 0.584. The Bertz CT molecular complexity index is 941. The summed E-state index contributed by atoms with van der Waals surface area (Å²) < 4.78 is 0. The molecule has 0 saturated carbocycles. The first-order valence-corrected chi connectivity index (χ1v) is 9.80. The first kappa shape index (κ1) is 20.5. The average molecular weight is 421 g/mol. The number of anilines is 1. The number of rotatable bonds is 5. The molecule has 5 nitrogen and oxygen atoms in total. The molecule has 1 atom stereocenters. The number of aryl methyl sites for hydroxylation is 1. The number of aromatic hydroxyl groups is 1. The third-order valence-electron chi connectivity index (χ3n) is 4.68. The van der Waals surface area contributed by atoms with Crippen LogP contribution in [0.1, 0.15) is 55.4 Å². The van der Waals surface area contributed by atoms with Gasteiger partial charge in [0.1, 0.15) is 5.75 Å². The summed E-state index contributed by atoms with van der Waals surface area (Å²) >= 11 is 12.0. The number of nitrogens with one attached hydrogen (secondary N) is 1. The Labute approximate surface area is 174 Å². The van der Waals surface area contributed by atoms with Crippen molar-refractivity contribution in [1.29, 1.82) is 0 Å². The molecule has 28 heavy (non-hydrogen) atoms. The summed E-state index contributed by atoms with van der Waals surface area (Å²) in [5, 5.41) is 17.9. The first-order valence-electron chi connectivity index (χ1n) is 9.04. The zero-order valence-electron chi connectivity index (χ0n) is 15.9. The van der Waals surface area contributed by atoms with Gasteiger partial charge in [0.2, 0.25) is 5.91 Å². The molecule has 2 aromatic rings. The number of carbonyl (C=O) groups is 1. The smallest absolute Gasteiger partial charge is 0.230 e. The minimum Gasteiger partial charge on any atom is -0.508 e. The number of phenols is 1. The predicted molar refractivity (Wildman–Crippen MR) is 113 cm³/mol. The molecule has 1 aliphatic rings. The van der Waals surface area contributed by atoms with Crippen LogP contribution in [-0.2, 0) is 9.63 Å². The van der Waals surface area contributed by atoms with Crippen LogP contribution in [0.5, 0.6) is 5.75 Å². The number of hydrogen-bond acceptors (Lipinski definition) is 4. The molecule has 0 aromatic heterocycles. The molecular weight excluding hydrogens is 399 g/mol. The second-order valence-corrected chi connectivity index (χ2v) is 8.05. The van der Waals surface area contributed by atoms with Gasteiger partial charge in [0.15, 0.2) is 6.10 Å². The van der Waals surface area contributed by atoms with E-state index in [2.05, 4.69) is 10.5 Å². The summed E-state index contributed by atoms with van der Waals surface area (Å²) in [7, 11) is 0. The van der Waals surface area contributed by atoms with Crippen LogP contribution >= 0.6 is 23.2 Å². The molecule has 0 saturated heterocycles. The number of benzene rings is 2. The normalized spacial score (nSPS) is 16.1. The highest BCUT2D eigenvalue weighted by Crippen LogP contribution is 2.33. The number of nitrogens with zero attached hydrogens (tertiary/aromatic N) is 1. The summed E-state index contributed by atoms with van der Waals surface area (Å²) in [4.78, 5) is 17.9. The second kappa shape index (κ2) is 8.41. The maximum atomic E-state index is 12.5. The van der Waals surface area contributed by atoms with Gasteiger partial charge in [0.25, 0.3) is 0 Å². The van der Waals surface area contributed by atoms with E-state index in [1.807, 2.05) is 32.9 Å². The number of halogens is 2. The zero-order chi connectivity index (χ0) is 20.4. The van der Waals surface area contributed by atoms with Gasteiger partial charge in [-0.15, -0.1) is 0 Å². The molecule has 0 spiro atoms. The third kappa shape index (κ3) is 4.59. The Hall–Kier alpha value is -2.24. The lowest BCUT2D eigenvalue weighted by Gasteiger charge is -2.14. The fourth-order valence-corrected chi connectivity index (χ4v) is 3.42. The summed E-state index contributed by atoms with van der Waals surface area (Å²) in [5.74, 6) is 0.208. The molecule has 148 valence electrons. The summed E-state index contributed by atoms with van der Waals surface area (Å²) in [6, 6.07) is 8.79. The molecule has 1 unspecified atom stereocenters. The first-order chi connectivity index (χ1) is 13.2. The Morgan fingerprint density at radius 1 is 1.29 bits per heavy atom. The van der Waals surface area contributed by atoms with Gasteiger partial charge >= 0.3 is 0 Å². The fraction of sp³-hybridized carbons (Fsp3) is 0.333. The van der Waals surface area contributed by atoms with E-state index in [1.54, 1.807) is 18.2 Å². The van der Waals surface area contributed by atoms with Crippen LogP contribution in [0, 0.1) is 6.92 Å². The fourth-order valence-electron chi connectivity index (χ4n) is 3.11. The average Bonchev–Trinajstić information content (AvgIpc) is 3.07. The predicted octanol–water partition coefficient (Wildman–Crippen LogP) is 5.98. The van der Waals surface area contributed by atoms with Gasteiger partial charge < -0.3 is 15.3 Å². The summed E-state index contributed by atoms with van der Waals surface area (Å²) in [6.45, 7) is 5.82. The van der Waals surface area contributed by atoms with Gasteiger partial charge in [-0.25, -0.2) is 0 Å². The van der Waals surface area contributed by atoms with Gasteiger partial charge in [0, 0.05) is 12.1 Å². The topological polar surface area (TPSA) is 70.9 Å². The van der Waals surface area contributed by atoms with Crippen molar-refractivity contribution >= 4 is 40.5 Å². The number of carbonyl (C=O) groups excluding carboxylic acids is 1. The minimum absolute atomic E-state index is 0.134. The summed E-state index contributed by atoms with van der Waals surface area (Å²) in [6.07, 6.45) is 0.368. The molecule has 0 radical (unpaired) electrons. The van der Waals surface area contributed by atoms with Crippen LogP contribution in [0.3, 0.4) is 0 Å². The van der Waals surface area contributed by atoms with Crippen LogP contribution in [0.2, 0.25) is 10.0 Å². The van der Waals surface area contributed by atoms with Crippen molar-refractivity contribution < 1.29 is 14.7 Å². The van der Waals surface area contributed by atoms with Gasteiger partial charge in [-0.05, 0) is 53.8 Å². The number of oxime groups is 1. The molecule has 1 aliphatic heterocycles. The van der Waals surface area contributed by atoms with Crippen LogP contribution in [0.4, 0.5) is 5.69 Å². The molecule has 3 rings (SSSR count). The molecule has 7 heteroatoms. The van der Waals surface area contributed by atoms with E-state index in [9.17, 15) is 9.90 Å². The summed E-state index contributed by atoms with van der Waals surface area (Å²) in [5.41, 5.74) is 3.81. The molecule has 0 bridgehead atoms. The van der Waals surface area contributed by atoms with Crippen molar-refractivity contribution in [3.63, 3.8) is 0 Å². The molecule has 0 fully saturated rings. The minimum atomic E-state index is -0.277. The van der Waals surface area contributed by atoms with Crippen LogP contribution in [0.15, 0.2) is 35.5 Å². The highest BCUT2D eigenvalue weighted by molar-refractivity contribution is 6.42. The lowest BCUT2D eigenvalue weighted by Crippen LogP contribution is -2.17. The highest BCUT2D eigenvalue weighted by atomic mass is 35.5.